The Labute approximate surface area is 110 Å². The molecule has 0 aliphatic rings. The molecule has 0 amide bonds. The number of hydrogen-bond acceptors (Lipinski definition) is 3. The number of benzene rings is 1. The third-order valence-electron chi connectivity index (χ3n) is 3.15. The summed E-state index contributed by atoms with van der Waals surface area (Å²) in [6.07, 6.45) is 0. The minimum Gasteiger partial charge on any atom is -0.493 e. The van der Waals surface area contributed by atoms with Crippen molar-refractivity contribution in [1.82, 2.24) is 5.32 Å². The zero-order valence-corrected chi connectivity index (χ0v) is 12.1. The molecule has 1 rings (SSSR count). The van der Waals surface area contributed by atoms with Gasteiger partial charge in [0.05, 0.1) is 7.11 Å². The molecule has 0 saturated carbocycles. The maximum Gasteiger partial charge on any atom is 0.161 e. The molecule has 0 aliphatic heterocycles. The second kappa shape index (κ2) is 7.27. The summed E-state index contributed by atoms with van der Waals surface area (Å²) >= 11 is 0. The maximum atomic E-state index is 5.73. The number of aryl methyl sites for hydroxylation is 1. The molecular formula is C15H25NO2. The Kier molecular flexibility index (Phi) is 5.99. The SMILES string of the molecule is COc1cc(C)ccc1OCCNC(C)C(C)C. The number of hydrogen-bond donors (Lipinski definition) is 1. The van der Waals surface area contributed by atoms with Gasteiger partial charge in [0, 0.05) is 12.6 Å². The molecule has 1 aromatic rings. The molecule has 0 saturated heterocycles. The highest BCUT2D eigenvalue weighted by atomic mass is 16.5. The normalized spacial score (nSPS) is 12.6. The average molecular weight is 251 g/mol. The highest BCUT2D eigenvalue weighted by Gasteiger charge is 2.06. The largest absolute Gasteiger partial charge is 0.493 e. The van der Waals surface area contributed by atoms with Gasteiger partial charge in [0.2, 0.25) is 0 Å². The molecular weight excluding hydrogens is 226 g/mol. The number of ether oxygens (including phenoxy) is 2. The van der Waals surface area contributed by atoms with Crippen LogP contribution in [0.15, 0.2) is 18.2 Å². The zero-order chi connectivity index (χ0) is 13.5. The molecule has 0 bridgehead atoms. The first-order valence-electron chi connectivity index (χ1n) is 6.55. The van der Waals surface area contributed by atoms with E-state index in [0.29, 0.717) is 18.6 Å². The Bertz CT molecular complexity index is 364. The van der Waals surface area contributed by atoms with Crippen LogP contribution >= 0.6 is 0 Å². The van der Waals surface area contributed by atoms with E-state index >= 15 is 0 Å². The van der Waals surface area contributed by atoms with Crippen LogP contribution in [0.25, 0.3) is 0 Å². The Morgan fingerprint density at radius 2 is 1.89 bits per heavy atom. The topological polar surface area (TPSA) is 30.5 Å². The Morgan fingerprint density at radius 3 is 2.50 bits per heavy atom. The summed E-state index contributed by atoms with van der Waals surface area (Å²) in [6.45, 7) is 10.1. The Morgan fingerprint density at radius 1 is 1.17 bits per heavy atom. The molecule has 0 radical (unpaired) electrons. The van der Waals surface area contributed by atoms with Gasteiger partial charge in [0.15, 0.2) is 11.5 Å². The van der Waals surface area contributed by atoms with Crippen molar-refractivity contribution in [3.63, 3.8) is 0 Å². The molecule has 0 spiro atoms. The van der Waals surface area contributed by atoms with Crippen LogP contribution in [0.5, 0.6) is 11.5 Å². The van der Waals surface area contributed by atoms with E-state index in [1.165, 1.54) is 5.56 Å². The summed E-state index contributed by atoms with van der Waals surface area (Å²) in [6, 6.07) is 6.48. The average Bonchev–Trinajstić information content (AvgIpc) is 2.35. The fraction of sp³-hybridized carbons (Fsp3) is 0.600. The van der Waals surface area contributed by atoms with Gasteiger partial charge in [0.25, 0.3) is 0 Å². The van der Waals surface area contributed by atoms with Crippen molar-refractivity contribution in [2.24, 2.45) is 5.92 Å². The molecule has 18 heavy (non-hydrogen) atoms. The van der Waals surface area contributed by atoms with E-state index in [-0.39, 0.29) is 0 Å². The van der Waals surface area contributed by atoms with Crippen LogP contribution in [0, 0.1) is 12.8 Å². The van der Waals surface area contributed by atoms with Crippen LogP contribution < -0.4 is 14.8 Å². The van der Waals surface area contributed by atoms with E-state index in [0.717, 1.165) is 18.0 Å². The third kappa shape index (κ3) is 4.57. The fourth-order valence-electron chi connectivity index (χ4n) is 1.58. The van der Waals surface area contributed by atoms with Gasteiger partial charge in [-0.1, -0.05) is 19.9 Å². The molecule has 102 valence electrons. The van der Waals surface area contributed by atoms with Crippen molar-refractivity contribution in [1.29, 1.82) is 0 Å². The molecule has 0 aromatic heterocycles. The van der Waals surface area contributed by atoms with Gasteiger partial charge >= 0.3 is 0 Å². The molecule has 1 aromatic carbocycles. The lowest BCUT2D eigenvalue weighted by molar-refractivity contribution is 0.280. The van der Waals surface area contributed by atoms with Crippen molar-refractivity contribution in [3.8, 4) is 11.5 Å². The van der Waals surface area contributed by atoms with Crippen molar-refractivity contribution in [2.75, 3.05) is 20.3 Å². The molecule has 1 N–H and O–H groups in total. The van der Waals surface area contributed by atoms with E-state index in [1.54, 1.807) is 7.11 Å². The number of methoxy groups -OCH3 is 1. The standard InChI is InChI=1S/C15H25NO2/c1-11(2)13(4)16-8-9-18-14-7-6-12(3)10-15(14)17-5/h6-7,10-11,13,16H,8-9H2,1-5H3. The second-order valence-corrected chi connectivity index (χ2v) is 4.99. The van der Waals surface area contributed by atoms with E-state index in [9.17, 15) is 0 Å². The van der Waals surface area contributed by atoms with Crippen molar-refractivity contribution >= 4 is 0 Å². The summed E-state index contributed by atoms with van der Waals surface area (Å²) in [5, 5.41) is 3.44. The quantitative estimate of drug-likeness (QED) is 0.756. The zero-order valence-electron chi connectivity index (χ0n) is 12.1. The predicted octanol–water partition coefficient (Wildman–Crippen LogP) is 3.02. The van der Waals surface area contributed by atoms with Crippen LogP contribution in [-0.4, -0.2) is 26.3 Å². The smallest absolute Gasteiger partial charge is 0.161 e. The number of rotatable bonds is 7. The highest BCUT2D eigenvalue weighted by Crippen LogP contribution is 2.27. The molecule has 3 nitrogen and oxygen atoms in total. The van der Waals surface area contributed by atoms with Crippen molar-refractivity contribution < 1.29 is 9.47 Å². The summed E-state index contributed by atoms with van der Waals surface area (Å²) in [4.78, 5) is 0. The minimum atomic E-state index is 0.508. The van der Waals surface area contributed by atoms with Crippen LogP contribution in [0.4, 0.5) is 0 Å². The molecule has 0 aliphatic carbocycles. The Balaban J connectivity index is 2.40. The van der Waals surface area contributed by atoms with Crippen molar-refractivity contribution in [2.45, 2.75) is 33.7 Å². The fourth-order valence-corrected chi connectivity index (χ4v) is 1.58. The second-order valence-electron chi connectivity index (χ2n) is 4.99. The first-order chi connectivity index (χ1) is 8.54. The van der Waals surface area contributed by atoms with Gasteiger partial charge in [-0.25, -0.2) is 0 Å². The van der Waals surface area contributed by atoms with Gasteiger partial charge in [-0.3, -0.25) is 0 Å². The van der Waals surface area contributed by atoms with E-state index in [2.05, 4.69) is 26.1 Å². The molecule has 1 unspecified atom stereocenters. The summed E-state index contributed by atoms with van der Waals surface area (Å²) in [5.41, 5.74) is 1.17. The van der Waals surface area contributed by atoms with Gasteiger partial charge in [0.1, 0.15) is 6.61 Å². The molecule has 0 fully saturated rings. The lowest BCUT2D eigenvalue weighted by Gasteiger charge is -2.18. The highest BCUT2D eigenvalue weighted by molar-refractivity contribution is 5.42. The third-order valence-corrected chi connectivity index (χ3v) is 3.15. The maximum absolute atomic E-state index is 5.73. The van der Waals surface area contributed by atoms with Gasteiger partial charge in [-0.2, -0.15) is 0 Å². The summed E-state index contributed by atoms with van der Waals surface area (Å²) in [5.74, 6) is 2.24. The molecule has 3 heteroatoms. The van der Waals surface area contributed by atoms with Gasteiger partial charge in [-0.15, -0.1) is 0 Å². The lowest BCUT2D eigenvalue weighted by atomic mass is 10.1. The van der Waals surface area contributed by atoms with Crippen LogP contribution in [-0.2, 0) is 0 Å². The summed E-state index contributed by atoms with van der Waals surface area (Å²) < 4.78 is 11.0. The van der Waals surface area contributed by atoms with Gasteiger partial charge in [-0.05, 0) is 37.5 Å². The van der Waals surface area contributed by atoms with Crippen LogP contribution in [0.3, 0.4) is 0 Å². The van der Waals surface area contributed by atoms with E-state index in [4.69, 9.17) is 9.47 Å². The predicted molar refractivity (Wildman–Crippen MR) is 75.5 cm³/mol. The summed E-state index contributed by atoms with van der Waals surface area (Å²) in [7, 11) is 1.67. The molecule has 0 heterocycles. The minimum absolute atomic E-state index is 0.508. The lowest BCUT2D eigenvalue weighted by Crippen LogP contribution is -2.33. The Hall–Kier alpha value is -1.22. The van der Waals surface area contributed by atoms with E-state index < -0.39 is 0 Å². The first-order valence-corrected chi connectivity index (χ1v) is 6.55. The monoisotopic (exact) mass is 251 g/mol. The van der Waals surface area contributed by atoms with Crippen LogP contribution in [0.1, 0.15) is 26.3 Å². The van der Waals surface area contributed by atoms with Crippen molar-refractivity contribution in [3.05, 3.63) is 23.8 Å². The van der Waals surface area contributed by atoms with Crippen LogP contribution in [0.2, 0.25) is 0 Å². The number of nitrogens with one attached hydrogen (secondary N) is 1. The van der Waals surface area contributed by atoms with Gasteiger partial charge < -0.3 is 14.8 Å². The first kappa shape index (κ1) is 14.8. The molecule has 1 atom stereocenters. The van der Waals surface area contributed by atoms with E-state index in [1.807, 2.05) is 25.1 Å².